The summed E-state index contributed by atoms with van der Waals surface area (Å²) in [6.07, 6.45) is 6.63. The van der Waals surface area contributed by atoms with Crippen LogP contribution in [0.4, 0.5) is 0 Å². The molecule has 2 aromatic heterocycles. The molecule has 0 spiro atoms. The molecule has 1 N–H and O–H groups in total. The Hall–Kier alpha value is -2.29. The number of rotatable bonds is 1. The smallest absolute Gasteiger partial charge is 0.138 e. The lowest BCUT2D eigenvalue weighted by molar-refractivity contribution is 0.0608. The number of aromatic nitrogens is 2. The molecule has 3 heteroatoms. The largest absolute Gasteiger partial charge is 0.490 e. The van der Waals surface area contributed by atoms with E-state index >= 15 is 0 Å². The number of hydrogen-bond donors (Lipinski definition) is 1. The van der Waals surface area contributed by atoms with Crippen molar-refractivity contribution in [1.82, 2.24) is 9.97 Å². The summed E-state index contributed by atoms with van der Waals surface area (Å²) in [5.74, 6) is 0. The molecule has 94 valence electrons. The first-order valence-electron chi connectivity index (χ1n) is 6.46. The maximum Gasteiger partial charge on any atom is 0.138 e. The number of aromatic amines is 1. The van der Waals surface area contributed by atoms with Gasteiger partial charge in [-0.2, -0.15) is 0 Å². The van der Waals surface area contributed by atoms with Crippen LogP contribution >= 0.6 is 0 Å². The lowest BCUT2D eigenvalue weighted by Crippen LogP contribution is -2.19. The van der Waals surface area contributed by atoms with Gasteiger partial charge in [-0.15, -0.1) is 0 Å². The molecule has 0 fully saturated rings. The molecule has 1 unspecified atom stereocenters. The molecule has 0 radical (unpaired) electrons. The van der Waals surface area contributed by atoms with Gasteiger partial charge in [0, 0.05) is 34.5 Å². The van der Waals surface area contributed by atoms with Crippen LogP contribution in [-0.4, -0.2) is 9.97 Å². The van der Waals surface area contributed by atoms with Crippen LogP contribution in [0.15, 0.2) is 48.9 Å². The predicted octanol–water partition coefficient (Wildman–Crippen LogP) is 3.87. The van der Waals surface area contributed by atoms with Gasteiger partial charge in [-0.05, 0) is 25.1 Å². The maximum absolute atomic E-state index is 5.73. The van der Waals surface area contributed by atoms with Crippen molar-refractivity contribution in [3.63, 3.8) is 0 Å². The minimum absolute atomic E-state index is 0.278. The van der Waals surface area contributed by atoms with Crippen LogP contribution in [-0.2, 0) is 10.3 Å². The third-order valence-corrected chi connectivity index (χ3v) is 3.90. The standard InChI is InChI=1S/C16H14N2O/c1-16(7-4-8-19-16)11-9-13-12-5-2-3-6-14(12)18-15(13)17-10-11/h2-6,8-10H,7H2,1H3,(H,17,18). The molecule has 19 heavy (non-hydrogen) atoms. The topological polar surface area (TPSA) is 37.9 Å². The lowest BCUT2D eigenvalue weighted by atomic mass is 9.94. The second-order valence-electron chi connectivity index (χ2n) is 5.22. The van der Waals surface area contributed by atoms with Gasteiger partial charge in [0.25, 0.3) is 0 Å². The highest BCUT2D eigenvalue weighted by Crippen LogP contribution is 2.36. The fourth-order valence-corrected chi connectivity index (χ4v) is 2.72. The Kier molecular flexibility index (Phi) is 2.01. The van der Waals surface area contributed by atoms with Crippen molar-refractivity contribution < 1.29 is 4.74 Å². The van der Waals surface area contributed by atoms with E-state index in [4.69, 9.17) is 4.74 Å². The molecule has 1 atom stereocenters. The van der Waals surface area contributed by atoms with Gasteiger partial charge in [0.05, 0.1) is 6.26 Å². The number of hydrogen-bond acceptors (Lipinski definition) is 2. The van der Waals surface area contributed by atoms with E-state index in [2.05, 4.69) is 47.2 Å². The molecule has 0 saturated carbocycles. The third-order valence-electron chi connectivity index (χ3n) is 3.90. The normalized spacial score (nSPS) is 22.2. The van der Waals surface area contributed by atoms with E-state index in [1.54, 1.807) is 6.26 Å². The highest BCUT2D eigenvalue weighted by atomic mass is 16.5. The van der Waals surface area contributed by atoms with Crippen LogP contribution in [0.3, 0.4) is 0 Å². The summed E-state index contributed by atoms with van der Waals surface area (Å²) < 4.78 is 5.73. The minimum atomic E-state index is -0.278. The Labute approximate surface area is 110 Å². The summed E-state index contributed by atoms with van der Waals surface area (Å²) in [4.78, 5) is 7.89. The molecule has 4 rings (SSSR count). The first kappa shape index (κ1) is 10.6. The van der Waals surface area contributed by atoms with Crippen LogP contribution in [0.25, 0.3) is 21.9 Å². The zero-order valence-corrected chi connectivity index (χ0v) is 10.7. The summed E-state index contributed by atoms with van der Waals surface area (Å²) in [6, 6.07) is 10.5. The number of nitrogens with zero attached hydrogens (tertiary/aromatic N) is 1. The Morgan fingerprint density at radius 1 is 1.26 bits per heavy atom. The van der Waals surface area contributed by atoms with Crippen LogP contribution < -0.4 is 0 Å². The Bertz CT molecular complexity index is 793. The van der Waals surface area contributed by atoms with Gasteiger partial charge in [-0.1, -0.05) is 18.2 Å². The van der Waals surface area contributed by atoms with Gasteiger partial charge >= 0.3 is 0 Å². The summed E-state index contributed by atoms with van der Waals surface area (Å²) in [7, 11) is 0. The summed E-state index contributed by atoms with van der Waals surface area (Å²) in [5.41, 5.74) is 2.89. The molecule has 3 nitrogen and oxygen atoms in total. The first-order chi connectivity index (χ1) is 9.26. The highest BCUT2D eigenvalue weighted by Gasteiger charge is 2.30. The lowest BCUT2D eigenvalue weighted by Gasteiger charge is -2.23. The number of benzene rings is 1. The molecule has 0 saturated heterocycles. The monoisotopic (exact) mass is 250 g/mol. The quantitative estimate of drug-likeness (QED) is 0.712. The van der Waals surface area contributed by atoms with Crippen LogP contribution in [0, 0.1) is 0 Å². The summed E-state index contributed by atoms with van der Waals surface area (Å²) in [5, 5.41) is 2.37. The zero-order valence-electron chi connectivity index (χ0n) is 10.7. The molecule has 1 aliphatic rings. The molecule has 1 aromatic carbocycles. The zero-order chi connectivity index (χ0) is 12.9. The molecular formula is C16H14N2O. The Balaban J connectivity index is 1.97. The van der Waals surface area contributed by atoms with Gasteiger partial charge in [0.2, 0.25) is 0 Å². The van der Waals surface area contributed by atoms with Crippen molar-refractivity contribution in [2.75, 3.05) is 0 Å². The van der Waals surface area contributed by atoms with Gasteiger partial charge in [0.1, 0.15) is 11.2 Å². The molecule has 0 amide bonds. The second-order valence-corrected chi connectivity index (χ2v) is 5.22. The molecule has 1 aliphatic heterocycles. The fourth-order valence-electron chi connectivity index (χ4n) is 2.72. The van der Waals surface area contributed by atoms with E-state index < -0.39 is 0 Å². The SMILES string of the molecule is CC1(c2cnc3[nH]c4ccccc4c3c2)CC=CO1. The maximum atomic E-state index is 5.73. The van der Waals surface area contributed by atoms with Crippen LogP contribution in [0.5, 0.6) is 0 Å². The second kappa shape index (κ2) is 3.60. The van der Waals surface area contributed by atoms with Crippen molar-refractivity contribution in [3.8, 4) is 0 Å². The molecule has 0 bridgehead atoms. The van der Waals surface area contributed by atoms with E-state index in [0.717, 1.165) is 28.5 Å². The number of ether oxygens (including phenoxy) is 1. The minimum Gasteiger partial charge on any atom is -0.490 e. The van der Waals surface area contributed by atoms with Gasteiger partial charge in [0.15, 0.2) is 0 Å². The van der Waals surface area contributed by atoms with Crippen molar-refractivity contribution in [3.05, 3.63) is 54.4 Å². The summed E-state index contributed by atoms with van der Waals surface area (Å²) in [6.45, 7) is 2.10. The van der Waals surface area contributed by atoms with E-state index in [9.17, 15) is 0 Å². The average molecular weight is 250 g/mol. The molecule has 3 aromatic rings. The summed E-state index contributed by atoms with van der Waals surface area (Å²) >= 11 is 0. The highest BCUT2D eigenvalue weighted by molar-refractivity contribution is 6.05. The Morgan fingerprint density at radius 3 is 3.00 bits per heavy atom. The van der Waals surface area contributed by atoms with Crippen molar-refractivity contribution in [2.45, 2.75) is 18.9 Å². The van der Waals surface area contributed by atoms with E-state index in [1.807, 2.05) is 12.3 Å². The molecule has 0 aliphatic carbocycles. The van der Waals surface area contributed by atoms with Crippen molar-refractivity contribution in [1.29, 1.82) is 0 Å². The number of H-pyrrole nitrogens is 1. The van der Waals surface area contributed by atoms with Crippen molar-refractivity contribution >= 4 is 21.9 Å². The Morgan fingerprint density at radius 2 is 2.16 bits per heavy atom. The van der Waals surface area contributed by atoms with Crippen molar-refractivity contribution in [2.24, 2.45) is 0 Å². The number of para-hydroxylation sites is 1. The average Bonchev–Trinajstić information content (AvgIpc) is 3.02. The third kappa shape index (κ3) is 1.48. The van der Waals surface area contributed by atoms with Gasteiger partial charge in [-0.25, -0.2) is 4.98 Å². The number of pyridine rings is 1. The number of nitrogens with one attached hydrogen (secondary N) is 1. The van der Waals surface area contributed by atoms with E-state index in [-0.39, 0.29) is 5.60 Å². The van der Waals surface area contributed by atoms with Gasteiger partial charge < -0.3 is 9.72 Å². The van der Waals surface area contributed by atoms with E-state index in [0.29, 0.717) is 0 Å². The van der Waals surface area contributed by atoms with Gasteiger partial charge in [-0.3, -0.25) is 0 Å². The fraction of sp³-hybridized carbons (Fsp3) is 0.188. The van der Waals surface area contributed by atoms with E-state index in [1.165, 1.54) is 5.39 Å². The predicted molar refractivity (Wildman–Crippen MR) is 75.8 cm³/mol. The first-order valence-corrected chi connectivity index (χ1v) is 6.46. The van der Waals surface area contributed by atoms with Crippen LogP contribution in [0.2, 0.25) is 0 Å². The van der Waals surface area contributed by atoms with Crippen LogP contribution in [0.1, 0.15) is 18.9 Å². The molecular weight excluding hydrogens is 236 g/mol. The molecule has 3 heterocycles. The number of fused-ring (bicyclic) bond motifs is 3.